The van der Waals surface area contributed by atoms with Crippen LogP contribution in [0.3, 0.4) is 0 Å². The van der Waals surface area contributed by atoms with Crippen molar-refractivity contribution < 1.29 is 9.59 Å². The number of amides is 3. The van der Waals surface area contributed by atoms with E-state index in [-0.39, 0.29) is 18.5 Å². The molecule has 8 heteroatoms. The minimum atomic E-state index is -0.158. The van der Waals surface area contributed by atoms with Crippen molar-refractivity contribution in [1.82, 2.24) is 19.8 Å². The van der Waals surface area contributed by atoms with Gasteiger partial charge in [0.15, 0.2) is 0 Å². The molecule has 4 rings (SSSR count). The number of urea groups is 1. The molecule has 0 aliphatic carbocycles. The van der Waals surface area contributed by atoms with Gasteiger partial charge in [-0.05, 0) is 18.2 Å². The van der Waals surface area contributed by atoms with Gasteiger partial charge in [-0.3, -0.25) is 9.69 Å². The highest BCUT2D eigenvalue weighted by molar-refractivity contribution is 6.30. The molecule has 0 atom stereocenters. The fraction of sp³-hybridized carbons (Fsp3) is 0.353. The van der Waals surface area contributed by atoms with Gasteiger partial charge < -0.3 is 14.8 Å². The highest BCUT2D eigenvalue weighted by Crippen LogP contribution is 2.24. The van der Waals surface area contributed by atoms with E-state index in [4.69, 9.17) is 11.6 Å². The Morgan fingerprint density at radius 1 is 1.28 bits per heavy atom. The van der Waals surface area contributed by atoms with Gasteiger partial charge in [-0.1, -0.05) is 17.7 Å². The molecule has 0 spiro atoms. The van der Waals surface area contributed by atoms with Crippen molar-refractivity contribution in [2.75, 3.05) is 31.1 Å². The summed E-state index contributed by atoms with van der Waals surface area (Å²) >= 11 is 6.00. The number of fused-ring (bicyclic) bond motifs is 1. The van der Waals surface area contributed by atoms with Crippen LogP contribution in [-0.4, -0.2) is 57.9 Å². The molecule has 1 N–H and O–H groups in total. The fourth-order valence-corrected chi connectivity index (χ4v) is 3.49. The number of halogens is 1. The van der Waals surface area contributed by atoms with Crippen molar-refractivity contribution >= 4 is 29.2 Å². The van der Waals surface area contributed by atoms with Crippen molar-refractivity contribution in [3.63, 3.8) is 0 Å². The maximum atomic E-state index is 12.6. The molecule has 25 heavy (non-hydrogen) atoms. The number of hydrogen-bond donors (Lipinski definition) is 1. The first-order valence-electron chi connectivity index (χ1n) is 8.23. The Morgan fingerprint density at radius 2 is 2.16 bits per heavy atom. The molecule has 0 unspecified atom stereocenters. The normalized spacial score (nSPS) is 17.2. The molecule has 130 valence electrons. The molecule has 0 radical (unpaired) electrons. The molecule has 0 bridgehead atoms. The molecule has 7 nitrogen and oxygen atoms in total. The maximum Gasteiger partial charge on any atom is 0.325 e. The average Bonchev–Trinajstić information content (AvgIpc) is 3.21. The predicted octanol–water partition coefficient (Wildman–Crippen LogP) is 1.89. The zero-order chi connectivity index (χ0) is 17.4. The van der Waals surface area contributed by atoms with Gasteiger partial charge in [0.05, 0.1) is 24.3 Å². The SMILES string of the molecule is O=C(CN1CCN(c2cccc(Cl)c2)C1=O)N1CCc2nc[nH]c2C1. The lowest BCUT2D eigenvalue weighted by Crippen LogP contribution is -2.44. The van der Waals surface area contributed by atoms with Crippen LogP contribution < -0.4 is 4.90 Å². The fourth-order valence-electron chi connectivity index (χ4n) is 3.30. The summed E-state index contributed by atoms with van der Waals surface area (Å²) in [6.45, 7) is 2.34. The van der Waals surface area contributed by atoms with Crippen LogP contribution in [0.2, 0.25) is 5.02 Å². The Balaban J connectivity index is 1.40. The minimum absolute atomic E-state index is 0.0402. The second kappa shape index (κ2) is 6.40. The lowest BCUT2D eigenvalue weighted by molar-refractivity contribution is -0.132. The summed E-state index contributed by atoms with van der Waals surface area (Å²) in [6.07, 6.45) is 2.40. The molecule has 3 heterocycles. The third kappa shape index (κ3) is 3.07. The molecular formula is C17H18ClN5O2. The second-order valence-electron chi connectivity index (χ2n) is 6.23. The molecule has 1 aromatic carbocycles. The third-order valence-corrected chi connectivity index (χ3v) is 4.90. The molecule has 1 aromatic heterocycles. The van der Waals surface area contributed by atoms with Gasteiger partial charge in [-0.15, -0.1) is 0 Å². The number of H-pyrrole nitrogens is 1. The van der Waals surface area contributed by atoms with Crippen molar-refractivity contribution in [2.24, 2.45) is 0 Å². The topological polar surface area (TPSA) is 72.5 Å². The van der Waals surface area contributed by atoms with Gasteiger partial charge >= 0.3 is 6.03 Å². The molecule has 0 saturated carbocycles. The van der Waals surface area contributed by atoms with Crippen LogP contribution >= 0.6 is 11.6 Å². The monoisotopic (exact) mass is 359 g/mol. The van der Waals surface area contributed by atoms with E-state index >= 15 is 0 Å². The van der Waals surface area contributed by atoms with Crippen molar-refractivity contribution in [1.29, 1.82) is 0 Å². The van der Waals surface area contributed by atoms with E-state index < -0.39 is 0 Å². The van der Waals surface area contributed by atoms with Crippen LogP contribution in [0.25, 0.3) is 0 Å². The highest BCUT2D eigenvalue weighted by atomic mass is 35.5. The standard InChI is InChI=1S/C17H18ClN5O2/c18-12-2-1-3-13(8-12)23-7-6-22(17(23)25)10-16(24)21-5-4-14-15(9-21)20-11-19-14/h1-3,8,11H,4-7,9-10H2,(H,19,20). The number of nitrogens with zero attached hydrogens (tertiary/aromatic N) is 4. The number of benzene rings is 1. The van der Waals surface area contributed by atoms with E-state index in [1.54, 1.807) is 33.2 Å². The smallest absolute Gasteiger partial charge is 0.325 e. The van der Waals surface area contributed by atoms with Crippen LogP contribution in [-0.2, 0) is 17.8 Å². The van der Waals surface area contributed by atoms with Gasteiger partial charge in [0.25, 0.3) is 0 Å². The van der Waals surface area contributed by atoms with Crippen LogP contribution in [0.5, 0.6) is 0 Å². The number of anilines is 1. The summed E-state index contributed by atoms with van der Waals surface area (Å²) < 4.78 is 0. The van der Waals surface area contributed by atoms with E-state index in [1.165, 1.54) is 0 Å². The number of hydrogen-bond acceptors (Lipinski definition) is 3. The lowest BCUT2D eigenvalue weighted by Gasteiger charge is -2.28. The van der Waals surface area contributed by atoms with Crippen LogP contribution in [0.15, 0.2) is 30.6 Å². The summed E-state index contributed by atoms with van der Waals surface area (Å²) in [6, 6.07) is 7.03. The summed E-state index contributed by atoms with van der Waals surface area (Å²) in [5.74, 6) is -0.0402. The van der Waals surface area contributed by atoms with E-state index in [0.717, 1.165) is 23.5 Å². The Hall–Kier alpha value is -2.54. The number of aromatic nitrogens is 2. The zero-order valence-electron chi connectivity index (χ0n) is 13.6. The number of imidazole rings is 1. The van der Waals surface area contributed by atoms with E-state index in [1.807, 2.05) is 12.1 Å². The van der Waals surface area contributed by atoms with Crippen molar-refractivity contribution in [2.45, 2.75) is 13.0 Å². The Bertz CT molecular complexity index is 821. The molecule has 2 aliphatic heterocycles. The number of carbonyl (C=O) groups excluding carboxylic acids is 2. The second-order valence-corrected chi connectivity index (χ2v) is 6.67. The van der Waals surface area contributed by atoms with Crippen LogP contribution in [0.1, 0.15) is 11.4 Å². The summed E-state index contributed by atoms with van der Waals surface area (Å²) in [5, 5.41) is 0.587. The summed E-state index contributed by atoms with van der Waals surface area (Å²) in [5.41, 5.74) is 2.76. The van der Waals surface area contributed by atoms with Crippen LogP contribution in [0, 0.1) is 0 Å². The Labute approximate surface area is 150 Å². The first-order valence-corrected chi connectivity index (χ1v) is 8.60. The summed E-state index contributed by atoms with van der Waals surface area (Å²) in [4.78, 5) is 37.5. The number of rotatable bonds is 3. The molecular weight excluding hydrogens is 342 g/mol. The van der Waals surface area contributed by atoms with Crippen molar-refractivity contribution in [3.8, 4) is 0 Å². The molecule has 2 aliphatic rings. The van der Waals surface area contributed by atoms with Gasteiger partial charge in [0.1, 0.15) is 6.54 Å². The predicted molar refractivity (Wildman–Crippen MR) is 93.5 cm³/mol. The van der Waals surface area contributed by atoms with Crippen LogP contribution in [0.4, 0.5) is 10.5 Å². The largest absolute Gasteiger partial charge is 0.347 e. The first kappa shape index (κ1) is 16.0. The van der Waals surface area contributed by atoms with Crippen molar-refractivity contribution in [3.05, 3.63) is 47.0 Å². The molecule has 3 amide bonds. The molecule has 2 aromatic rings. The lowest BCUT2D eigenvalue weighted by atomic mass is 10.1. The quantitative estimate of drug-likeness (QED) is 0.909. The molecule has 1 fully saturated rings. The van der Waals surface area contributed by atoms with Gasteiger partial charge in [-0.25, -0.2) is 9.78 Å². The first-order chi connectivity index (χ1) is 12.1. The Morgan fingerprint density at radius 3 is 3.00 bits per heavy atom. The van der Waals surface area contributed by atoms with E-state index in [0.29, 0.717) is 31.2 Å². The van der Waals surface area contributed by atoms with Gasteiger partial charge in [-0.2, -0.15) is 0 Å². The van der Waals surface area contributed by atoms with E-state index in [9.17, 15) is 9.59 Å². The Kier molecular flexibility index (Phi) is 4.09. The summed E-state index contributed by atoms with van der Waals surface area (Å²) in [7, 11) is 0. The third-order valence-electron chi connectivity index (χ3n) is 4.67. The zero-order valence-corrected chi connectivity index (χ0v) is 14.4. The highest BCUT2D eigenvalue weighted by Gasteiger charge is 2.32. The molecule has 1 saturated heterocycles. The van der Waals surface area contributed by atoms with Gasteiger partial charge in [0, 0.05) is 36.8 Å². The van der Waals surface area contributed by atoms with Gasteiger partial charge in [0.2, 0.25) is 5.91 Å². The number of carbonyl (C=O) groups is 2. The van der Waals surface area contributed by atoms with E-state index in [2.05, 4.69) is 9.97 Å². The minimum Gasteiger partial charge on any atom is -0.347 e. The maximum absolute atomic E-state index is 12.6. The number of aromatic amines is 1. The average molecular weight is 360 g/mol. The number of nitrogens with one attached hydrogen (secondary N) is 1.